The van der Waals surface area contributed by atoms with Crippen LogP contribution in [0.4, 0.5) is 17.1 Å². The van der Waals surface area contributed by atoms with E-state index in [0.29, 0.717) is 0 Å². The lowest BCUT2D eigenvalue weighted by atomic mass is 9.66. The molecule has 12 rings (SSSR count). The lowest BCUT2D eigenvalue weighted by Gasteiger charge is -2.35. The van der Waals surface area contributed by atoms with Crippen molar-refractivity contribution in [2.45, 2.75) is 5.41 Å². The van der Waals surface area contributed by atoms with Crippen LogP contribution in [0.2, 0.25) is 0 Å². The number of hydrogen-bond acceptors (Lipinski definition) is 2. The van der Waals surface area contributed by atoms with Gasteiger partial charge in [0, 0.05) is 28.1 Å². The van der Waals surface area contributed by atoms with Gasteiger partial charge in [-0.25, -0.2) is 0 Å². The van der Waals surface area contributed by atoms with Crippen LogP contribution in [0.15, 0.2) is 212 Å². The number of hydrogen-bond donors (Lipinski definition) is 0. The molecule has 9 aromatic rings. The topological polar surface area (TPSA) is 12.5 Å². The summed E-state index contributed by atoms with van der Waals surface area (Å²) < 4.78 is 6.71. The van der Waals surface area contributed by atoms with Crippen LogP contribution in [0, 0.1) is 0 Å². The van der Waals surface area contributed by atoms with Crippen LogP contribution in [0.25, 0.3) is 55.6 Å². The molecule has 9 aromatic carbocycles. The molecule has 1 heterocycles. The van der Waals surface area contributed by atoms with Gasteiger partial charge < -0.3 is 9.64 Å². The molecule has 0 saturated carbocycles. The minimum Gasteiger partial charge on any atom is -0.456 e. The normalized spacial score (nSPS) is 13.2. The molecule has 0 N–H and O–H groups in total. The first-order valence-electron chi connectivity index (χ1n) is 19.7. The summed E-state index contributed by atoms with van der Waals surface area (Å²) >= 11 is 0. The minimum atomic E-state index is -0.567. The highest BCUT2D eigenvalue weighted by Gasteiger charge is 2.50. The molecule has 0 radical (unpaired) electrons. The molecule has 266 valence electrons. The van der Waals surface area contributed by atoms with Crippen molar-refractivity contribution in [1.29, 1.82) is 0 Å². The molecule has 0 atom stereocenters. The van der Waals surface area contributed by atoms with Crippen LogP contribution in [0.5, 0.6) is 11.5 Å². The van der Waals surface area contributed by atoms with Crippen molar-refractivity contribution in [2.24, 2.45) is 0 Å². The van der Waals surface area contributed by atoms with Crippen LogP contribution < -0.4 is 9.64 Å². The van der Waals surface area contributed by atoms with Crippen LogP contribution in [0.3, 0.4) is 0 Å². The van der Waals surface area contributed by atoms with Gasteiger partial charge in [-0.15, -0.1) is 0 Å². The Morgan fingerprint density at radius 3 is 1.40 bits per heavy atom. The maximum absolute atomic E-state index is 6.71. The Bertz CT molecular complexity index is 3000. The first-order valence-corrected chi connectivity index (χ1v) is 19.7. The standard InChI is InChI=1S/C55H35NO/c1-2-17-36(18-3-1)56(37-33-34-53-46(35-37)41-22-7-6-21-40(41)44-25-11-15-32-52(44)57-53)51-31-16-30-50-54(51)45-26-10-14-29-49(45)55(50)47-27-12-8-23-42(47)38-19-4-5-20-39(38)43-24-9-13-28-48(43)55/h1-35H. The Hall–Kier alpha value is -7.42. The third-order valence-corrected chi connectivity index (χ3v) is 12.3. The second-order valence-electron chi connectivity index (χ2n) is 15.1. The highest BCUT2D eigenvalue weighted by Crippen LogP contribution is 2.63. The van der Waals surface area contributed by atoms with Crippen LogP contribution in [-0.2, 0) is 5.41 Å². The quantitative estimate of drug-likeness (QED) is 0.180. The lowest BCUT2D eigenvalue weighted by Crippen LogP contribution is -2.29. The number of fused-ring (bicyclic) bond motifs is 17. The molecule has 2 nitrogen and oxygen atoms in total. The van der Waals surface area contributed by atoms with E-state index < -0.39 is 5.41 Å². The fourth-order valence-electron chi connectivity index (χ4n) is 10.1. The first-order chi connectivity index (χ1) is 28.3. The molecule has 0 aromatic heterocycles. The largest absolute Gasteiger partial charge is 0.456 e. The molecule has 0 bridgehead atoms. The Morgan fingerprint density at radius 2 is 0.754 bits per heavy atom. The zero-order valence-corrected chi connectivity index (χ0v) is 31.1. The average Bonchev–Trinajstić information content (AvgIpc) is 3.43. The average molecular weight is 726 g/mol. The molecule has 0 fully saturated rings. The van der Waals surface area contributed by atoms with Crippen LogP contribution in [-0.4, -0.2) is 0 Å². The first kappa shape index (κ1) is 31.9. The summed E-state index contributed by atoms with van der Waals surface area (Å²) in [7, 11) is 0. The highest BCUT2D eigenvalue weighted by atomic mass is 16.5. The molecule has 2 heteroatoms. The van der Waals surface area contributed by atoms with E-state index in [-0.39, 0.29) is 0 Å². The second kappa shape index (κ2) is 12.3. The summed E-state index contributed by atoms with van der Waals surface area (Å²) in [5, 5.41) is 0. The molecule has 0 saturated heterocycles. The summed E-state index contributed by atoms with van der Waals surface area (Å²) in [5.74, 6) is 1.71. The Labute approximate surface area is 332 Å². The van der Waals surface area contributed by atoms with E-state index in [4.69, 9.17) is 4.74 Å². The van der Waals surface area contributed by atoms with Crippen molar-refractivity contribution < 1.29 is 4.74 Å². The minimum absolute atomic E-state index is 0.567. The molecule has 57 heavy (non-hydrogen) atoms. The molecule has 2 aliphatic carbocycles. The van der Waals surface area contributed by atoms with Crippen LogP contribution >= 0.6 is 0 Å². The van der Waals surface area contributed by atoms with E-state index in [9.17, 15) is 0 Å². The van der Waals surface area contributed by atoms with Gasteiger partial charge in [0.05, 0.1) is 11.1 Å². The molecular formula is C55H35NO. The van der Waals surface area contributed by atoms with Gasteiger partial charge in [-0.1, -0.05) is 170 Å². The van der Waals surface area contributed by atoms with Crippen molar-refractivity contribution in [2.75, 3.05) is 4.90 Å². The van der Waals surface area contributed by atoms with Gasteiger partial charge in [0.25, 0.3) is 0 Å². The van der Waals surface area contributed by atoms with E-state index in [1.54, 1.807) is 0 Å². The van der Waals surface area contributed by atoms with Gasteiger partial charge in [0.2, 0.25) is 0 Å². The summed E-state index contributed by atoms with van der Waals surface area (Å²) in [6, 6.07) is 77.6. The van der Waals surface area contributed by atoms with Crippen molar-refractivity contribution >= 4 is 17.1 Å². The summed E-state index contributed by atoms with van der Waals surface area (Å²) in [6.07, 6.45) is 0. The number of rotatable bonds is 3. The lowest BCUT2D eigenvalue weighted by molar-refractivity contribution is 0.488. The SMILES string of the molecule is c1ccc(N(c2ccc3c(c2)-c2ccccc2-c2ccccc2O3)c2cccc3c2-c2ccccc2C32c3ccccc3-c3ccccc3-c3ccccc32)cc1. The van der Waals surface area contributed by atoms with Crippen molar-refractivity contribution in [3.8, 4) is 67.1 Å². The monoisotopic (exact) mass is 725 g/mol. The number of anilines is 3. The van der Waals surface area contributed by atoms with Gasteiger partial charge in [-0.2, -0.15) is 0 Å². The summed E-state index contributed by atoms with van der Waals surface area (Å²) in [4.78, 5) is 2.44. The van der Waals surface area contributed by atoms with Gasteiger partial charge in [-0.05, 0) is 104 Å². The van der Waals surface area contributed by atoms with E-state index >= 15 is 0 Å². The van der Waals surface area contributed by atoms with Crippen LogP contribution in [0.1, 0.15) is 22.3 Å². The molecule has 0 unspecified atom stereocenters. The predicted octanol–water partition coefficient (Wildman–Crippen LogP) is 14.6. The number of benzene rings is 9. The predicted molar refractivity (Wildman–Crippen MR) is 234 cm³/mol. The van der Waals surface area contributed by atoms with E-state index in [1.807, 2.05) is 6.07 Å². The van der Waals surface area contributed by atoms with Gasteiger partial charge in [-0.3, -0.25) is 0 Å². The van der Waals surface area contributed by atoms with E-state index in [2.05, 4.69) is 211 Å². The van der Waals surface area contributed by atoms with Gasteiger partial charge in [0.1, 0.15) is 11.5 Å². The number of ether oxygens (including phenoxy) is 1. The van der Waals surface area contributed by atoms with E-state index in [0.717, 1.165) is 45.3 Å². The fraction of sp³-hybridized carbons (Fsp3) is 0.0182. The number of nitrogens with zero attached hydrogens (tertiary/aromatic N) is 1. The smallest absolute Gasteiger partial charge is 0.135 e. The summed E-state index contributed by atoms with van der Waals surface area (Å²) in [5.41, 5.74) is 19.9. The Kier molecular flexibility index (Phi) is 6.88. The maximum Gasteiger partial charge on any atom is 0.135 e. The van der Waals surface area contributed by atoms with Crippen molar-refractivity contribution in [3.63, 3.8) is 0 Å². The van der Waals surface area contributed by atoms with E-state index in [1.165, 1.54) is 61.2 Å². The highest BCUT2D eigenvalue weighted by molar-refractivity contribution is 6.02. The third-order valence-electron chi connectivity index (χ3n) is 12.3. The van der Waals surface area contributed by atoms with Gasteiger partial charge >= 0.3 is 0 Å². The Balaban J connectivity index is 1.16. The van der Waals surface area contributed by atoms with Gasteiger partial charge in [0.15, 0.2) is 0 Å². The molecular weight excluding hydrogens is 691 g/mol. The molecule has 3 aliphatic rings. The zero-order chi connectivity index (χ0) is 37.5. The molecule has 0 amide bonds. The van der Waals surface area contributed by atoms with Crippen molar-refractivity contribution in [1.82, 2.24) is 0 Å². The maximum atomic E-state index is 6.71. The Morgan fingerprint density at radius 1 is 0.298 bits per heavy atom. The molecule has 1 spiro atoms. The van der Waals surface area contributed by atoms with Crippen molar-refractivity contribution in [3.05, 3.63) is 235 Å². The second-order valence-corrected chi connectivity index (χ2v) is 15.1. The summed E-state index contributed by atoms with van der Waals surface area (Å²) in [6.45, 7) is 0. The zero-order valence-electron chi connectivity index (χ0n) is 31.1. The molecule has 1 aliphatic heterocycles. The fourth-order valence-corrected chi connectivity index (χ4v) is 10.1. The number of para-hydroxylation sites is 2. The third kappa shape index (κ3) is 4.47.